The molecule has 3 nitrogen and oxygen atoms in total. The summed E-state index contributed by atoms with van der Waals surface area (Å²) in [5.74, 6) is -0.282. The quantitative estimate of drug-likeness (QED) is 0.342. The van der Waals surface area contributed by atoms with Gasteiger partial charge in [0.1, 0.15) is 5.73 Å². The van der Waals surface area contributed by atoms with Crippen LogP contribution < -0.4 is 0 Å². The zero-order chi connectivity index (χ0) is 14.9. The van der Waals surface area contributed by atoms with Crippen molar-refractivity contribution in [2.45, 2.75) is 71.7 Å². The molecule has 0 N–H and O–H groups in total. The molecular formula is C15H30O3Si. The number of esters is 1. The first-order valence-electron chi connectivity index (χ1n) is 7.41. The first-order chi connectivity index (χ1) is 8.91. The lowest BCUT2D eigenvalue weighted by molar-refractivity contribution is -0.142. The van der Waals surface area contributed by atoms with Gasteiger partial charge in [-0.3, -0.25) is 0 Å². The molecule has 0 aliphatic rings. The van der Waals surface area contributed by atoms with Crippen molar-refractivity contribution in [3.05, 3.63) is 12.2 Å². The predicted octanol–water partition coefficient (Wildman–Crippen LogP) is 4.23. The Hall–Kier alpha value is -0.613. The highest BCUT2D eigenvalue weighted by Gasteiger charge is 2.40. The van der Waals surface area contributed by atoms with E-state index < -0.39 is 8.32 Å². The molecule has 4 heteroatoms. The molecule has 0 amide bonds. The van der Waals surface area contributed by atoms with E-state index in [0.717, 1.165) is 31.7 Å². The summed E-state index contributed by atoms with van der Waals surface area (Å²) in [7, 11) is -2.01. The fourth-order valence-electron chi connectivity index (χ4n) is 2.26. The van der Waals surface area contributed by atoms with Crippen molar-refractivity contribution >= 4 is 14.3 Å². The monoisotopic (exact) mass is 286 g/mol. The molecule has 0 spiro atoms. The van der Waals surface area contributed by atoms with Crippen molar-refractivity contribution in [3.63, 3.8) is 0 Å². The van der Waals surface area contributed by atoms with Gasteiger partial charge in [0.05, 0.1) is 0 Å². The van der Waals surface area contributed by atoms with E-state index >= 15 is 0 Å². The second kappa shape index (κ2) is 9.32. The number of rotatable bonds is 10. The Morgan fingerprint density at radius 3 is 2.32 bits per heavy atom. The molecule has 0 aliphatic carbocycles. The Morgan fingerprint density at radius 2 is 1.89 bits per heavy atom. The number of carbonyl (C=O) groups excluding carboxylic acids is 1. The Morgan fingerprint density at radius 1 is 1.26 bits per heavy atom. The van der Waals surface area contributed by atoms with E-state index in [1.807, 2.05) is 6.92 Å². The average Bonchev–Trinajstić information content (AvgIpc) is 2.34. The normalized spacial score (nSPS) is 15.6. The van der Waals surface area contributed by atoms with Gasteiger partial charge in [0.25, 0.3) is 0 Å². The van der Waals surface area contributed by atoms with E-state index in [-0.39, 0.29) is 11.7 Å². The highest BCUT2D eigenvalue weighted by molar-refractivity contribution is 6.73. The third kappa shape index (κ3) is 6.39. The zero-order valence-electron chi connectivity index (χ0n) is 13.3. The second-order valence-corrected chi connectivity index (χ2v) is 9.37. The van der Waals surface area contributed by atoms with Gasteiger partial charge >= 0.3 is 5.97 Å². The minimum Gasteiger partial charge on any atom is -0.460 e. The van der Waals surface area contributed by atoms with Crippen molar-refractivity contribution in [1.82, 2.24) is 0 Å². The second-order valence-electron chi connectivity index (χ2n) is 5.31. The molecule has 112 valence electrons. The Bertz CT molecular complexity index is 283. The number of carbonyl (C=O) groups is 1. The molecule has 19 heavy (non-hydrogen) atoms. The largest absolute Gasteiger partial charge is 0.460 e. The van der Waals surface area contributed by atoms with Crippen LogP contribution in [0.15, 0.2) is 12.2 Å². The molecule has 0 fully saturated rings. The third-order valence-electron chi connectivity index (χ3n) is 3.32. The van der Waals surface area contributed by atoms with E-state index in [0.29, 0.717) is 12.2 Å². The molecule has 0 bridgehead atoms. The van der Waals surface area contributed by atoms with Gasteiger partial charge in [0.15, 0.2) is 0 Å². The van der Waals surface area contributed by atoms with Crippen LogP contribution in [0.1, 0.15) is 53.4 Å². The molecule has 0 saturated carbocycles. The molecule has 0 saturated heterocycles. The Labute approximate surface area is 119 Å². The van der Waals surface area contributed by atoms with Gasteiger partial charge in [0, 0.05) is 12.2 Å². The van der Waals surface area contributed by atoms with Crippen LogP contribution in [0.3, 0.4) is 0 Å². The summed E-state index contributed by atoms with van der Waals surface area (Å²) >= 11 is 0. The molecule has 0 aliphatic heterocycles. The molecule has 0 radical (unpaired) electrons. The van der Waals surface area contributed by atoms with E-state index in [4.69, 9.17) is 9.16 Å². The predicted molar refractivity (Wildman–Crippen MR) is 82.6 cm³/mol. The van der Waals surface area contributed by atoms with Gasteiger partial charge in [-0.1, -0.05) is 39.7 Å². The zero-order valence-corrected chi connectivity index (χ0v) is 14.3. The molecule has 0 aromatic carbocycles. The average molecular weight is 286 g/mol. The fraction of sp³-hybridized carbons (Fsp3) is 0.800. The van der Waals surface area contributed by atoms with Gasteiger partial charge in [-0.05, 0) is 32.9 Å². The van der Waals surface area contributed by atoms with E-state index in [9.17, 15) is 4.79 Å². The van der Waals surface area contributed by atoms with Gasteiger partial charge < -0.3 is 9.16 Å². The van der Waals surface area contributed by atoms with Crippen molar-refractivity contribution in [2.24, 2.45) is 0 Å². The lowest BCUT2D eigenvalue weighted by atomic mass is 10.2. The summed E-state index contributed by atoms with van der Waals surface area (Å²) < 4.78 is 11.7. The maximum absolute atomic E-state index is 11.8. The smallest absolute Gasteiger partial charge is 0.333 e. The summed E-state index contributed by atoms with van der Waals surface area (Å²) in [6, 6.07) is 1.03. The first-order valence-corrected chi connectivity index (χ1v) is 10.1. The van der Waals surface area contributed by atoms with Crippen LogP contribution >= 0.6 is 0 Å². The highest BCUT2D eigenvalue weighted by atomic mass is 28.4. The van der Waals surface area contributed by atoms with Gasteiger partial charge in [-0.2, -0.15) is 0 Å². The molecular weight excluding hydrogens is 256 g/mol. The molecule has 0 aromatic heterocycles. The number of unbranched alkanes of at least 4 members (excludes halogenated alkanes) is 1. The van der Waals surface area contributed by atoms with Crippen LogP contribution in [0.4, 0.5) is 0 Å². The third-order valence-corrected chi connectivity index (χ3v) is 7.53. The Balaban J connectivity index is 4.94. The standard InChI is InChI=1S/C15H30O3Si/c1-7-10-11-14(18-15(16)13(4)5)19(6,12-8-2)17-9-3/h14H,4,7-12H2,1-3,5-6H3. The molecule has 2 atom stereocenters. The summed E-state index contributed by atoms with van der Waals surface area (Å²) in [6.07, 6.45) is 4.13. The molecule has 0 rings (SSSR count). The van der Waals surface area contributed by atoms with Crippen molar-refractivity contribution < 1.29 is 14.0 Å². The van der Waals surface area contributed by atoms with Crippen LogP contribution in [-0.2, 0) is 14.0 Å². The molecule has 0 heterocycles. The van der Waals surface area contributed by atoms with Crippen LogP contribution in [-0.4, -0.2) is 26.6 Å². The fourth-order valence-corrected chi connectivity index (χ4v) is 5.74. The van der Waals surface area contributed by atoms with Gasteiger partial charge in [0.2, 0.25) is 8.32 Å². The Kier molecular flexibility index (Phi) is 9.02. The van der Waals surface area contributed by atoms with Gasteiger partial charge in [-0.15, -0.1) is 0 Å². The van der Waals surface area contributed by atoms with Crippen LogP contribution in [0.25, 0.3) is 0 Å². The van der Waals surface area contributed by atoms with E-state index in [2.05, 4.69) is 27.0 Å². The van der Waals surface area contributed by atoms with Gasteiger partial charge in [-0.25, -0.2) is 4.79 Å². The minimum absolute atomic E-state index is 0.0588. The number of ether oxygens (including phenoxy) is 1. The molecule has 0 aromatic rings. The number of hydrogen-bond acceptors (Lipinski definition) is 3. The minimum atomic E-state index is -2.01. The van der Waals surface area contributed by atoms with Crippen LogP contribution in [0.5, 0.6) is 0 Å². The lowest BCUT2D eigenvalue weighted by Gasteiger charge is -2.34. The number of hydrogen-bond donors (Lipinski definition) is 0. The lowest BCUT2D eigenvalue weighted by Crippen LogP contribution is -2.50. The SMILES string of the molecule is C=C(C)C(=O)OC(CCCC)[Si](C)(CCC)OCC. The van der Waals surface area contributed by atoms with Crippen LogP contribution in [0, 0.1) is 0 Å². The maximum atomic E-state index is 11.8. The van der Waals surface area contributed by atoms with Crippen molar-refractivity contribution in [2.75, 3.05) is 6.61 Å². The first kappa shape index (κ1) is 18.4. The summed E-state index contributed by atoms with van der Waals surface area (Å²) in [5, 5.41) is 0. The maximum Gasteiger partial charge on any atom is 0.333 e. The summed E-state index contributed by atoms with van der Waals surface area (Å²) in [4.78, 5) is 11.8. The van der Waals surface area contributed by atoms with E-state index in [1.54, 1.807) is 6.92 Å². The summed E-state index contributed by atoms with van der Waals surface area (Å²) in [5.41, 5.74) is 0.405. The van der Waals surface area contributed by atoms with Crippen LogP contribution in [0.2, 0.25) is 12.6 Å². The van der Waals surface area contributed by atoms with E-state index in [1.165, 1.54) is 0 Å². The van der Waals surface area contributed by atoms with Crippen molar-refractivity contribution in [1.29, 1.82) is 0 Å². The highest BCUT2D eigenvalue weighted by Crippen LogP contribution is 2.25. The topological polar surface area (TPSA) is 35.5 Å². The van der Waals surface area contributed by atoms with Crippen molar-refractivity contribution in [3.8, 4) is 0 Å². The molecule has 2 unspecified atom stereocenters. The summed E-state index contributed by atoms with van der Waals surface area (Å²) in [6.45, 7) is 14.5.